The molecule has 2 aromatic rings. The largest absolute Gasteiger partial charge is 0.378 e. The van der Waals surface area contributed by atoms with E-state index in [1.54, 1.807) is 23.5 Å². The van der Waals surface area contributed by atoms with Gasteiger partial charge in [-0.3, -0.25) is 14.5 Å². The molecule has 6 nitrogen and oxygen atoms in total. The van der Waals surface area contributed by atoms with Gasteiger partial charge in [-0.05, 0) is 67.5 Å². The van der Waals surface area contributed by atoms with Crippen LogP contribution < -0.4 is 10.6 Å². The van der Waals surface area contributed by atoms with E-state index in [0.29, 0.717) is 17.9 Å². The first-order valence-electron chi connectivity index (χ1n) is 13.1. The van der Waals surface area contributed by atoms with E-state index in [-0.39, 0.29) is 30.7 Å². The number of carbonyl (C=O) groups excluding carboxylic acids is 3. The molecule has 0 radical (unpaired) electrons. The van der Waals surface area contributed by atoms with Gasteiger partial charge >= 0.3 is 5.97 Å². The highest BCUT2D eigenvalue weighted by atomic mass is 32.1. The van der Waals surface area contributed by atoms with Crippen molar-refractivity contribution in [3.05, 3.63) is 51.2 Å². The Labute approximate surface area is 216 Å². The molecule has 1 unspecified atom stereocenters. The van der Waals surface area contributed by atoms with E-state index in [9.17, 15) is 18.9 Å². The number of carbonyl (C=O) groups is 3. The molecule has 3 rings (SSSR count). The number of Topliss-reactive ketones (excluding diaryl/α,β-unsaturated/α-hetero) is 1. The van der Waals surface area contributed by atoms with Gasteiger partial charge in [-0.15, -0.1) is 11.3 Å². The fourth-order valence-electron chi connectivity index (χ4n) is 4.85. The van der Waals surface area contributed by atoms with Crippen LogP contribution in [0.4, 0.5) is 10.2 Å². The fourth-order valence-corrected chi connectivity index (χ4v) is 6.13. The van der Waals surface area contributed by atoms with Crippen LogP contribution in [0.5, 0.6) is 0 Å². The van der Waals surface area contributed by atoms with E-state index in [0.717, 1.165) is 42.7 Å². The van der Waals surface area contributed by atoms with E-state index in [1.165, 1.54) is 29.7 Å². The summed E-state index contributed by atoms with van der Waals surface area (Å²) in [4.78, 5) is 41.2. The summed E-state index contributed by atoms with van der Waals surface area (Å²) >= 11 is 1.65. The summed E-state index contributed by atoms with van der Waals surface area (Å²) in [5.41, 5.74) is 2.62. The van der Waals surface area contributed by atoms with Crippen molar-refractivity contribution in [2.45, 2.75) is 84.1 Å². The summed E-state index contributed by atoms with van der Waals surface area (Å²) in [7, 11) is 0. The Hall–Kier alpha value is -2.74. The van der Waals surface area contributed by atoms with Crippen LogP contribution in [-0.2, 0) is 16.2 Å². The molecule has 1 saturated carbocycles. The van der Waals surface area contributed by atoms with E-state index in [4.69, 9.17) is 0 Å². The Morgan fingerprint density at radius 2 is 1.78 bits per heavy atom. The SMILES string of the molecule is CCCC(=O)c1cc(C(Nc2ccc(C(=O)NCCC(=O)OF)cc2)C2CCCCC2)c(CCC)s1. The maximum Gasteiger partial charge on any atom is 0.350 e. The van der Waals surface area contributed by atoms with Gasteiger partial charge in [0.25, 0.3) is 5.91 Å². The molecule has 1 amide bonds. The number of hydrogen-bond donors (Lipinski definition) is 2. The number of hydrogen-bond acceptors (Lipinski definition) is 6. The molecule has 2 N–H and O–H groups in total. The molecule has 1 atom stereocenters. The van der Waals surface area contributed by atoms with E-state index in [2.05, 4.69) is 28.6 Å². The molecule has 1 aromatic heterocycles. The fraction of sp³-hybridized carbons (Fsp3) is 0.536. The quantitative estimate of drug-likeness (QED) is 0.281. The van der Waals surface area contributed by atoms with Crippen LogP contribution in [0, 0.1) is 5.92 Å². The maximum absolute atomic E-state index is 12.7. The average molecular weight is 517 g/mol. The highest BCUT2D eigenvalue weighted by Gasteiger charge is 2.29. The third-order valence-electron chi connectivity index (χ3n) is 6.70. The van der Waals surface area contributed by atoms with Crippen LogP contribution in [0.15, 0.2) is 30.3 Å². The van der Waals surface area contributed by atoms with Crippen molar-refractivity contribution in [1.29, 1.82) is 0 Å². The van der Waals surface area contributed by atoms with Gasteiger partial charge in [0.15, 0.2) is 5.78 Å². The van der Waals surface area contributed by atoms with E-state index >= 15 is 0 Å². The lowest BCUT2D eigenvalue weighted by Crippen LogP contribution is -2.26. The van der Waals surface area contributed by atoms with Crippen LogP contribution in [-0.4, -0.2) is 24.2 Å². The Kier molecular flexibility index (Phi) is 10.9. The minimum atomic E-state index is -1.01. The number of benzene rings is 1. The number of thiophene rings is 1. The van der Waals surface area contributed by atoms with Gasteiger partial charge in [-0.25, -0.2) is 4.79 Å². The molecule has 8 heteroatoms. The molecule has 0 saturated heterocycles. The maximum atomic E-state index is 12.7. The minimum absolute atomic E-state index is 0.00277. The second-order valence-electron chi connectivity index (χ2n) is 9.46. The Morgan fingerprint density at radius 3 is 2.42 bits per heavy atom. The highest BCUT2D eigenvalue weighted by Crippen LogP contribution is 2.41. The smallest absolute Gasteiger partial charge is 0.350 e. The number of nitrogens with one attached hydrogen (secondary N) is 2. The molecule has 1 aromatic carbocycles. The number of amides is 1. The highest BCUT2D eigenvalue weighted by molar-refractivity contribution is 7.14. The van der Waals surface area contributed by atoms with Crippen molar-refractivity contribution in [2.24, 2.45) is 5.92 Å². The lowest BCUT2D eigenvalue weighted by Gasteiger charge is -2.32. The molecule has 0 spiro atoms. The molecule has 1 aliphatic carbocycles. The van der Waals surface area contributed by atoms with Gasteiger partial charge in [0.2, 0.25) is 0 Å². The predicted octanol–water partition coefficient (Wildman–Crippen LogP) is 6.96. The minimum Gasteiger partial charge on any atom is -0.378 e. The van der Waals surface area contributed by atoms with Gasteiger partial charge < -0.3 is 10.6 Å². The number of halogens is 1. The second-order valence-corrected chi connectivity index (χ2v) is 10.6. The predicted molar refractivity (Wildman–Crippen MR) is 141 cm³/mol. The van der Waals surface area contributed by atoms with Crippen LogP contribution >= 0.6 is 11.3 Å². The first kappa shape index (κ1) is 27.8. The Morgan fingerprint density at radius 1 is 1.06 bits per heavy atom. The molecular weight excluding hydrogens is 479 g/mol. The number of rotatable bonds is 13. The zero-order valence-corrected chi connectivity index (χ0v) is 22.1. The Balaban J connectivity index is 1.80. The second kappa shape index (κ2) is 14.1. The first-order chi connectivity index (χ1) is 17.5. The molecule has 1 heterocycles. The zero-order chi connectivity index (χ0) is 25.9. The lowest BCUT2D eigenvalue weighted by atomic mass is 9.80. The van der Waals surface area contributed by atoms with Crippen molar-refractivity contribution >= 4 is 34.7 Å². The average Bonchev–Trinajstić information content (AvgIpc) is 3.32. The summed E-state index contributed by atoms with van der Waals surface area (Å²) in [6, 6.07) is 9.48. The van der Waals surface area contributed by atoms with Crippen LogP contribution in [0.2, 0.25) is 0 Å². The van der Waals surface area contributed by atoms with Crippen molar-refractivity contribution in [3.8, 4) is 0 Å². The van der Waals surface area contributed by atoms with Crippen molar-refractivity contribution in [2.75, 3.05) is 11.9 Å². The number of anilines is 1. The summed E-state index contributed by atoms with van der Waals surface area (Å²) in [5.74, 6) is -0.641. The van der Waals surface area contributed by atoms with Gasteiger partial charge in [0, 0.05) is 33.6 Å². The molecule has 0 aliphatic heterocycles. The normalized spacial score (nSPS) is 14.8. The lowest BCUT2D eigenvalue weighted by molar-refractivity contribution is -0.183. The van der Waals surface area contributed by atoms with Gasteiger partial charge in [-0.2, -0.15) is 0 Å². The molecule has 36 heavy (non-hydrogen) atoms. The molecule has 1 aliphatic rings. The van der Waals surface area contributed by atoms with Crippen LogP contribution in [0.1, 0.15) is 108 Å². The van der Waals surface area contributed by atoms with Gasteiger partial charge in [0.05, 0.1) is 17.3 Å². The number of aryl methyl sites for hydroxylation is 1. The molecule has 196 valence electrons. The van der Waals surface area contributed by atoms with Crippen LogP contribution in [0.3, 0.4) is 0 Å². The molecule has 1 fully saturated rings. The molecule has 0 bridgehead atoms. The van der Waals surface area contributed by atoms with Crippen molar-refractivity contribution < 1.29 is 23.9 Å². The summed E-state index contributed by atoms with van der Waals surface area (Å²) in [6.07, 6.45) is 9.18. The van der Waals surface area contributed by atoms with Crippen molar-refractivity contribution in [3.63, 3.8) is 0 Å². The van der Waals surface area contributed by atoms with Crippen LogP contribution in [0.25, 0.3) is 0 Å². The number of ketones is 1. The summed E-state index contributed by atoms with van der Waals surface area (Å²) in [5, 5.41) is 6.33. The van der Waals surface area contributed by atoms with Gasteiger partial charge in [0.1, 0.15) is 0 Å². The third-order valence-corrected chi connectivity index (χ3v) is 7.95. The first-order valence-corrected chi connectivity index (χ1v) is 13.9. The monoisotopic (exact) mass is 516 g/mol. The third kappa shape index (κ3) is 7.63. The van der Waals surface area contributed by atoms with Crippen molar-refractivity contribution in [1.82, 2.24) is 5.32 Å². The standard InChI is InChI=1S/C28H37FN2O4S/c1-3-8-23(32)25-18-22(24(36-25)9-4-2)27(19-10-6-5-7-11-19)31-21-14-12-20(13-15-21)28(34)30-17-16-26(33)35-29/h12-15,18-19,27,31H,3-11,16-17H2,1-2H3,(H,30,34). The van der Waals surface area contributed by atoms with Gasteiger partial charge in [-0.1, -0.05) is 39.5 Å². The zero-order valence-electron chi connectivity index (χ0n) is 21.2. The Bertz CT molecular complexity index is 1020. The topological polar surface area (TPSA) is 84.5 Å². The summed E-state index contributed by atoms with van der Waals surface area (Å²) in [6.45, 7) is 4.21. The van der Waals surface area contributed by atoms with E-state index < -0.39 is 5.97 Å². The summed E-state index contributed by atoms with van der Waals surface area (Å²) < 4.78 is 11.8. The van der Waals surface area contributed by atoms with E-state index in [1.807, 2.05) is 19.1 Å². The molecular formula is C28H37FN2O4S.